The number of sulfonamides is 1. The number of nitrogens with zero attached hydrogens (tertiary/aromatic N) is 3. The minimum Gasteiger partial charge on any atom is -0.494 e. The first-order valence-corrected chi connectivity index (χ1v) is 11.5. The highest BCUT2D eigenvalue weighted by Gasteiger charge is 2.21. The maximum Gasteiger partial charge on any atom is 0.246 e. The maximum atomic E-state index is 12.4. The van der Waals surface area contributed by atoms with Crippen molar-refractivity contribution in [2.45, 2.75) is 20.4 Å². The number of aryl methyl sites for hydroxylation is 1. The highest BCUT2D eigenvalue weighted by molar-refractivity contribution is 7.92. The molecule has 1 N–H and O–H groups in total. The number of hydrogen-bond acceptors (Lipinski definition) is 7. The molecule has 2 aromatic carbocycles. The van der Waals surface area contributed by atoms with E-state index < -0.39 is 22.5 Å². The Hall–Kier alpha value is -3.40. The summed E-state index contributed by atoms with van der Waals surface area (Å²) in [5, 5.41) is 6.54. The molecule has 0 saturated heterocycles. The molecule has 0 saturated carbocycles. The van der Waals surface area contributed by atoms with Crippen LogP contribution in [0, 0.1) is 6.92 Å². The van der Waals surface area contributed by atoms with Gasteiger partial charge in [-0.2, -0.15) is 4.98 Å². The van der Waals surface area contributed by atoms with E-state index in [0.717, 1.165) is 21.7 Å². The van der Waals surface area contributed by atoms with Crippen LogP contribution in [-0.4, -0.2) is 43.9 Å². The molecule has 1 amide bonds. The van der Waals surface area contributed by atoms with Crippen LogP contribution >= 0.6 is 0 Å². The van der Waals surface area contributed by atoms with Crippen molar-refractivity contribution in [3.8, 4) is 17.1 Å². The van der Waals surface area contributed by atoms with Crippen molar-refractivity contribution in [1.82, 2.24) is 15.5 Å². The second-order valence-electron chi connectivity index (χ2n) is 6.86. The number of benzene rings is 2. The second-order valence-corrected chi connectivity index (χ2v) is 8.76. The summed E-state index contributed by atoms with van der Waals surface area (Å²) in [7, 11) is -3.70. The van der Waals surface area contributed by atoms with Gasteiger partial charge in [0, 0.05) is 11.6 Å². The van der Waals surface area contributed by atoms with Crippen LogP contribution in [0.4, 0.5) is 5.69 Å². The molecule has 0 aliphatic heterocycles. The molecule has 3 aromatic rings. The van der Waals surface area contributed by atoms with Crippen molar-refractivity contribution in [2.24, 2.45) is 0 Å². The van der Waals surface area contributed by atoms with Crippen LogP contribution in [0.2, 0.25) is 0 Å². The Morgan fingerprint density at radius 1 is 1.19 bits per heavy atom. The van der Waals surface area contributed by atoms with Crippen LogP contribution in [0.5, 0.6) is 5.75 Å². The smallest absolute Gasteiger partial charge is 0.246 e. The molecule has 164 valence electrons. The summed E-state index contributed by atoms with van der Waals surface area (Å²) < 4.78 is 36.1. The van der Waals surface area contributed by atoms with E-state index in [-0.39, 0.29) is 12.4 Å². The van der Waals surface area contributed by atoms with E-state index in [2.05, 4.69) is 15.5 Å². The van der Waals surface area contributed by atoms with Gasteiger partial charge in [-0.3, -0.25) is 9.10 Å². The monoisotopic (exact) mass is 444 g/mol. The Morgan fingerprint density at radius 3 is 2.68 bits per heavy atom. The molecule has 10 heteroatoms. The summed E-state index contributed by atoms with van der Waals surface area (Å²) in [5.74, 6) is 0.638. The van der Waals surface area contributed by atoms with Gasteiger partial charge in [-0.05, 0) is 32.0 Å². The number of anilines is 1. The third-order valence-corrected chi connectivity index (χ3v) is 5.43. The minimum atomic E-state index is -3.70. The molecule has 1 heterocycles. The highest BCUT2D eigenvalue weighted by atomic mass is 32.2. The second kappa shape index (κ2) is 9.61. The number of hydrogen-bond donors (Lipinski definition) is 1. The SMILES string of the molecule is CCOc1cccc(N(CC(=O)NCc2nc(-c3cccc(C)c3)no2)S(C)(=O)=O)c1. The number of ether oxygens (including phenoxy) is 1. The highest BCUT2D eigenvalue weighted by Crippen LogP contribution is 2.23. The first-order chi connectivity index (χ1) is 14.8. The Labute approximate surface area is 181 Å². The van der Waals surface area contributed by atoms with Crippen LogP contribution in [0.15, 0.2) is 53.1 Å². The van der Waals surface area contributed by atoms with E-state index in [4.69, 9.17) is 9.26 Å². The molecule has 0 aliphatic carbocycles. The number of carbonyl (C=O) groups excluding carboxylic acids is 1. The molecule has 1 aromatic heterocycles. The molecule has 0 atom stereocenters. The minimum absolute atomic E-state index is 0.0196. The van der Waals surface area contributed by atoms with E-state index in [1.54, 1.807) is 24.3 Å². The van der Waals surface area contributed by atoms with E-state index in [1.165, 1.54) is 0 Å². The summed E-state index contributed by atoms with van der Waals surface area (Å²) in [6.45, 7) is 3.82. The van der Waals surface area contributed by atoms with Crippen molar-refractivity contribution >= 4 is 21.6 Å². The average molecular weight is 445 g/mol. The van der Waals surface area contributed by atoms with E-state index in [9.17, 15) is 13.2 Å². The number of amides is 1. The van der Waals surface area contributed by atoms with Crippen molar-refractivity contribution in [2.75, 3.05) is 23.7 Å². The van der Waals surface area contributed by atoms with Crippen LogP contribution in [-0.2, 0) is 21.4 Å². The van der Waals surface area contributed by atoms with Gasteiger partial charge in [-0.25, -0.2) is 8.42 Å². The van der Waals surface area contributed by atoms with E-state index in [1.807, 2.05) is 38.1 Å². The standard InChI is InChI=1S/C21H24N4O5S/c1-4-29-18-10-6-9-17(12-18)25(31(3,27)28)14-19(26)22-13-20-23-21(24-30-20)16-8-5-7-15(2)11-16/h5-12H,4,13-14H2,1-3H3,(H,22,26). The van der Waals surface area contributed by atoms with Crippen LogP contribution in [0.3, 0.4) is 0 Å². The molecule has 9 nitrogen and oxygen atoms in total. The number of carbonyl (C=O) groups is 1. The van der Waals surface area contributed by atoms with Crippen molar-refractivity contribution in [3.05, 3.63) is 60.0 Å². The van der Waals surface area contributed by atoms with Gasteiger partial charge in [-0.15, -0.1) is 0 Å². The van der Waals surface area contributed by atoms with Gasteiger partial charge in [0.15, 0.2) is 0 Å². The molecule has 0 unspecified atom stereocenters. The number of nitrogens with one attached hydrogen (secondary N) is 1. The van der Waals surface area contributed by atoms with Crippen LogP contribution in [0.1, 0.15) is 18.4 Å². The Morgan fingerprint density at radius 2 is 1.97 bits per heavy atom. The predicted octanol–water partition coefficient (Wildman–Crippen LogP) is 2.53. The molecule has 31 heavy (non-hydrogen) atoms. The molecule has 3 rings (SSSR count). The molecule has 0 bridgehead atoms. The largest absolute Gasteiger partial charge is 0.494 e. The summed E-state index contributed by atoms with van der Waals surface area (Å²) in [5.41, 5.74) is 2.20. The van der Waals surface area contributed by atoms with Gasteiger partial charge in [0.1, 0.15) is 12.3 Å². The average Bonchev–Trinajstić information content (AvgIpc) is 3.19. The third kappa shape index (κ3) is 6.05. The third-order valence-electron chi connectivity index (χ3n) is 4.29. The fraction of sp³-hybridized carbons (Fsp3) is 0.286. The Balaban J connectivity index is 1.66. The zero-order chi connectivity index (χ0) is 22.4. The lowest BCUT2D eigenvalue weighted by molar-refractivity contribution is -0.119. The van der Waals surface area contributed by atoms with Crippen LogP contribution < -0.4 is 14.4 Å². The fourth-order valence-electron chi connectivity index (χ4n) is 2.88. The topological polar surface area (TPSA) is 115 Å². The quantitative estimate of drug-likeness (QED) is 0.539. The van der Waals surface area contributed by atoms with E-state index >= 15 is 0 Å². The molecular weight excluding hydrogens is 420 g/mol. The predicted molar refractivity (Wildman–Crippen MR) is 116 cm³/mol. The molecular formula is C21H24N4O5S. The molecule has 0 radical (unpaired) electrons. The van der Waals surface area contributed by atoms with Gasteiger partial charge >= 0.3 is 0 Å². The molecule has 0 aliphatic rings. The first kappa shape index (κ1) is 22.3. The lowest BCUT2D eigenvalue weighted by Crippen LogP contribution is -2.40. The Kier molecular flexibility index (Phi) is 6.91. The van der Waals surface area contributed by atoms with Crippen molar-refractivity contribution in [1.29, 1.82) is 0 Å². The zero-order valence-electron chi connectivity index (χ0n) is 17.5. The normalized spacial score (nSPS) is 11.2. The van der Waals surface area contributed by atoms with Gasteiger partial charge in [0.2, 0.25) is 27.6 Å². The van der Waals surface area contributed by atoms with Crippen molar-refractivity contribution < 1.29 is 22.5 Å². The lowest BCUT2D eigenvalue weighted by atomic mass is 10.1. The van der Waals surface area contributed by atoms with Gasteiger partial charge in [0.05, 0.1) is 25.1 Å². The molecule has 0 spiro atoms. The fourth-order valence-corrected chi connectivity index (χ4v) is 3.73. The van der Waals surface area contributed by atoms with Crippen molar-refractivity contribution in [3.63, 3.8) is 0 Å². The zero-order valence-corrected chi connectivity index (χ0v) is 18.3. The Bertz CT molecular complexity index is 1160. The summed E-state index contributed by atoms with van der Waals surface area (Å²) >= 11 is 0. The van der Waals surface area contributed by atoms with E-state index in [0.29, 0.717) is 23.9 Å². The van der Waals surface area contributed by atoms with Gasteiger partial charge in [0.25, 0.3) is 0 Å². The molecule has 0 fully saturated rings. The summed E-state index contributed by atoms with van der Waals surface area (Å²) in [6.07, 6.45) is 1.04. The van der Waals surface area contributed by atoms with Gasteiger partial charge in [-0.1, -0.05) is 35.0 Å². The number of aromatic nitrogens is 2. The first-order valence-electron chi connectivity index (χ1n) is 9.63. The van der Waals surface area contributed by atoms with Crippen LogP contribution in [0.25, 0.3) is 11.4 Å². The van der Waals surface area contributed by atoms with Gasteiger partial charge < -0.3 is 14.6 Å². The maximum absolute atomic E-state index is 12.4. The summed E-state index contributed by atoms with van der Waals surface area (Å²) in [6, 6.07) is 14.2. The lowest BCUT2D eigenvalue weighted by Gasteiger charge is -2.22. The summed E-state index contributed by atoms with van der Waals surface area (Å²) in [4.78, 5) is 16.7. The number of rotatable bonds is 9.